The summed E-state index contributed by atoms with van der Waals surface area (Å²) in [6, 6.07) is 7.43. The molecule has 2 N–H and O–H groups in total. The molecular formula is C12H11N3O2S2. The fraction of sp³-hybridized carbons (Fsp3) is 0.167. The van der Waals surface area contributed by atoms with E-state index in [0.29, 0.717) is 17.3 Å². The van der Waals surface area contributed by atoms with Gasteiger partial charge in [0.15, 0.2) is 10.7 Å². The topological polar surface area (TPSA) is 74.0 Å². The van der Waals surface area contributed by atoms with Gasteiger partial charge in [-0.15, -0.1) is 11.8 Å². The summed E-state index contributed by atoms with van der Waals surface area (Å²) in [6.07, 6.45) is 1.75. The normalized spacial score (nSPS) is 11.2. The van der Waals surface area contributed by atoms with Crippen molar-refractivity contribution in [1.29, 1.82) is 0 Å². The quantitative estimate of drug-likeness (QED) is 0.748. The summed E-state index contributed by atoms with van der Waals surface area (Å²) in [4.78, 5) is 15.7. The molecule has 3 rings (SSSR count). The van der Waals surface area contributed by atoms with Crippen LogP contribution in [0, 0.1) is 0 Å². The standard InChI is InChI=1S/C12H11N3O2S2/c13-11-14-7-10(19-11)18-6-5-15-8-3-1-2-4-9(8)17-12(15)16/h1-4,7H,5-6H2,(H2,13,14). The second-order valence-electron chi connectivity index (χ2n) is 3.85. The zero-order valence-electron chi connectivity index (χ0n) is 9.91. The lowest BCUT2D eigenvalue weighted by Crippen LogP contribution is -2.15. The molecule has 0 atom stereocenters. The fourth-order valence-electron chi connectivity index (χ4n) is 1.80. The predicted octanol–water partition coefficient (Wildman–Crippen LogP) is 2.43. The maximum absolute atomic E-state index is 11.7. The van der Waals surface area contributed by atoms with Crippen molar-refractivity contribution in [2.24, 2.45) is 0 Å². The average molecular weight is 293 g/mol. The van der Waals surface area contributed by atoms with Crippen LogP contribution >= 0.6 is 23.1 Å². The molecule has 98 valence electrons. The van der Waals surface area contributed by atoms with Crippen LogP contribution < -0.4 is 11.5 Å². The van der Waals surface area contributed by atoms with Crippen LogP contribution in [0.5, 0.6) is 0 Å². The Morgan fingerprint density at radius 3 is 3.05 bits per heavy atom. The molecule has 0 radical (unpaired) electrons. The molecule has 3 aromatic rings. The van der Waals surface area contributed by atoms with Gasteiger partial charge in [0.2, 0.25) is 0 Å². The number of nitrogens with two attached hydrogens (primary N) is 1. The van der Waals surface area contributed by atoms with Crippen molar-refractivity contribution in [3.05, 3.63) is 41.0 Å². The average Bonchev–Trinajstić information content (AvgIpc) is 2.94. The number of benzene rings is 1. The van der Waals surface area contributed by atoms with Gasteiger partial charge in [-0.05, 0) is 12.1 Å². The minimum absolute atomic E-state index is 0.314. The number of anilines is 1. The van der Waals surface area contributed by atoms with Crippen LogP contribution in [0.15, 0.2) is 43.9 Å². The minimum atomic E-state index is -0.314. The largest absolute Gasteiger partial charge is 0.419 e. The molecule has 0 unspecified atom stereocenters. The lowest BCUT2D eigenvalue weighted by Gasteiger charge is -2.00. The maximum Gasteiger partial charge on any atom is 0.419 e. The van der Waals surface area contributed by atoms with Crippen LogP contribution in [0.25, 0.3) is 11.1 Å². The molecule has 0 bridgehead atoms. The monoisotopic (exact) mass is 293 g/mol. The lowest BCUT2D eigenvalue weighted by atomic mass is 10.3. The number of oxazole rings is 1. The van der Waals surface area contributed by atoms with Crippen molar-refractivity contribution in [3.8, 4) is 0 Å². The number of para-hydroxylation sites is 2. The Morgan fingerprint density at radius 2 is 2.26 bits per heavy atom. The van der Waals surface area contributed by atoms with E-state index in [1.807, 2.05) is 18.2 Å². The van der Waals surface area contributed by atoms with E-state index in [4.69, 9.17) is 10.2 Å². The summed E-state index contributed by atoms with van der Waals surface area (Å²) >= 11 is 3.08. The molecule has 0 aliphatic heterocycles. The third-order valence-electron chi connectivity index (χ3n) is 2.64. The van der Waals surface area contributed by atoms with Crippen LogP contribution in [0.4, 0.5) is 5.13 Å². The number of nitrogens with zero attached hydrogens (tertiary/aromatic N) is 2. The second-order valence-corrected chi connectivity index (χ2v) is 6.31. The van der Waals surface area contributed by atoms with Gasteiger partial charge in [-0.2, -0.15) is 0 Å². The number of nitrogen functional groups attached to an aromatic ring is 1. The minimum Gasteiger partial charge on any atom is -0.408 e. The van der Waals surface area contributed by atoms with Gasteiger partial charge in [0.05, 0.1) is 15.9 Å². The van der Waals surface area contributed by atoms with E-state index in [1.54, 1.807) is 28.6 Å². The molecule has 0 spiro atoms. The van der Waals surface area contributed by atoms with Crippen LogP contribution in [-0.2, 0) is 6.54 Å². The molecule has 0 fully saturated rings. The van der Waals surface area contributed by atoms with Crippen molar-refractivity contribution in [2.45, 2.75) is 10.8 Å². The molecule has 19 heavy (non-hydrogen) atoms. The van der Waals surface area contributed by atoms with Crippen LogP contribution in [0.1, 0.15) is 0 Å². The summed E-state index contributed by atoms with van der Waals surface area (Å²) < 4.78 is 7.87. The van der Waals surface area contributed by atoms with Gasteiger partial charge in [-0.25, -0.2) is 9.78 Å². The Labute approximate surface area is 117 Å². The Hall–Kier alpha value is -1.73. The highest BCUT2D eigenvalue weighted by Gasteiger charge is 2.08. The van der Waals surface area contributed by atoms with Crippen LogP contribution in [-0.4, -0.2) is 15.3 Å². The summed E-state index contributed by atoms with van der Waals surface area (Å²) in [5.41, 5.74) is 7.02. The molecule has 7 heteroatoms. The van der Waals surface area contributed by atoms with Gasteiger partial charge in [0.1, 0.15) is 0 Å². The Morgan fingerprint density at radius 1 is 1.42 bits per heavy atom. The van der Waals surface area contributed by atoms with E-state index in [0.717, 1.165) is 15.5 Å². The second kappa shape index (κ2) is 5.10. The number of aryl methyl sites for hydroxylation is 1. The molecule has 1 aromatic carbocycles. The highest BCUT2D eigenvalue weighted by molar-refractivity contribution is 8.01. The molecule has 2 heterocycles. The highest BCUT2D eigenvalue weighted by atomic mass is 32.2. The van der Waals surface area contributed by atoms with Gasteiger partial charge in [0.25, 0.3) is 0 Å². The van der Waals surface area contributed by atoms with E-state index >= 15 is 0 Å². The Kier molecular flexibility index (Phi) is 3.31. The van der Waals surface area contributed by atoms with Gasteiger partial charge in [-0.3, -0.25) is 4.57 Å². The van der Waals surface area contributed by atoms with Crippen molar-refractivity contribution in [1.82, 2.24) is 9.55 Å². The first-order valence-corrected chi connectivity index (χ1v) is 7.47. The van der Waals surface area contributed by atoms with Crippen LogP contribution in [0.3, 0.4) is 0 Å². The van der Waals surface area contributed by atoms with Gasteiger partial charge in [-0.1, -0.05) is 23.5 Å². The summed E-state index contributed by atoms with van der Waals surface area (Å²) in [5, 5.41) is 0.563. The molecule has 0 saturated carbocycles. The van der Waals surface area contributed by atoms with E-state index in [2.05, 4.69) is 4.98 Å². The number of rotatable bonds is 4. The molecule has 5 nitrogen and oxygen atoms in total. The van der Waals surface area contributed by atoms with E-state index < -0.39 is 0 Å². The maximum atomic E-state index is 11.7. The number of hydrogen-bond acceptors (Lipinski definition) is 6. The molecule has 0 aliphatic rings. The number of thioether (sulfide) groups is 1. The molecule has 0 aliphatic carbocycles. The first-order chi connectivity index (χ1) is 9.24. The number of fused-ring (bicyclic) bond motifs is 1. The lowest BCUT2D eigenvalue weighted by molar-refractivity contribution is 0.514. The van der Waals surface area contributed by atoms with Crippen molar-refractivity contribution in [3.63, 3.8) is 0 Å². The van der Waals surface area contributed by atoms with Crippen molar-refractivity contribution in [2.75, 3.05) is 11.5 Å². The van der Waals surface area contributed by atoms with Crippen molar-refractivity contribution < 1.29 is 4.42 Å². The Bertz CT molecular complexity index is 760. The first kappa shape index (κ1) is 12.3. The van der Waals surface area contributed by atoms with E-state index in [9.17, 15) is 4.79 Å². The van der Waals surface area contributed by atoms with Gasteiger partial charge >= 0.3 is 5.76 Å². The zero-order valence-corrected chi connectivity index (χ0v) is 11.5. The fourth-order valence-corrected chi connectivity index (χ4v) is 3.56. The predicted molar refractivity (Wildman–Crippen MR) is 77.7 cm³/mol. The molecule has 2 aromatic heterocycles. The van der Waals surface area contributed by atoms with Gasteiger partial charge < -0.3 is 10.2 Å². The highest BCUT2D eigenvalue weighted by Crippen LogP contribution is 2.26. The summed E-state index contributed by atoms with van der Waals surface area (Å²) in [7, 11) is 0. The van der Waals surface area contributed by atoms with Gasteiger partial charge in [0, 0.05) is 12.3 Å². The van der Waals surface area contributed by atoms with E-state index in [1.165, 1.54) is 11.3 Å². The molecule has 0 amide bonds. The third kappa shape index (κ3) is 2.52. The first-order valence-electron chi connectivity index (χ1n) is 5.66. The number of hydrogen-bond donors (Lipinski definition) is 1. The summed E-state index contributed by atoms with van der Waals surface area (Å²) in [5.74, 6) is 0.455. The van der Waals surface area contributed by atoms with E-state index in [-0.39, 0.29) is 5.76 Å². The Balaban J connectivity index is 1.75. The van der Waals surface area contributed by atoms with Crippen LogP contribution in [0.2, 0.25) is 0 Å². The third-order valence-corrected chi connectivity index (χ3v) is 4.64. The SMILES string of the molecule is Nc1ncc(SCCn2c(=O)oc3ccccc32)s1. The smallest absolute Gasteiger partial charge is 0.408 e. The number of aromatic nitrogens is 2. The zero-order chi connectivity index (χ0) is 13.2. The summed E-state index contributed by atoms with van der Waals surface area (Å²) in [6.45, 7) is 0.596. The molecular weight excluding hydrogens is 282 g/mol. The number of thiazole rings is 1. The molecule has 0 saturated heterocycles. The van der Waals surface area contributed by atoms with Crippen molar-refractivity contribution >= 4 is 39.3 Å².